The summed E-state index contributed by atoms with van der Waals surface area (Å²) in [7, 11) is 0. The van der Waals surface area contributed by atoms with Crippen molar-refractivity contribution >= 4 is 17.3 Å². The number of anilines is 1. The van der Waals surface area contributed by atoms with Crippen molar-refractivity contribution < 1.29 is 20.0 Å². The highest BCUT2D eigenvalue weighted by Gasteiger charge is 2.27. The van der Waals surface area contributed by atoms with Gasteiger partial charge in [0.2, 0.25) is 5.82 Å². The fourth-order valence-electron chi connectivity index (χ4n) is 2.04. The van der Waals surface area contributed by atoms with Gasteiger partial charge in [-0.2, -0.15) is 0 Å². The van der Waals surface area contributed by atoms with E-state index in [1.54, 1.807) is 4.90 Å². The van der Waals surface area contributed by atoms with Crippen molar-refractivity contribution in [3.63, 3.8) is 0 Å². The smallest absolute Gasteiger partial charge is 0.312 e. The van der Waals surface area contributed by atoms with E-state index in [-0.39, 0.29) is 29.5 Å². The number of hydrogen-bond acceptors (Lipinski definition) is 8. The molecule has 0 amide bonds. The van der Waals surface area contributed by atoms with Gasteiger partial charge in [-0.25, -0.2) is 4.98 Å². The average Bonchev–Trinajstić information content (AvgIpc) is 2.53. The summed E-state index contributed by atoms with van der Waals surface area (Å²) in [5, 5.41) is 31.7. The standard InChI is InChI=1S/C11H15N5O5/c12-10(14-18)7-3-9(16(19)20)11(13-4-7)15-1-2-21-8(5-15)6-17/h3-4,8,17-18H,1-2,5-6H2,(H2,12,14). The quantitative estimate of drug-likeness (QED) is 0.217. The highest BCUT2D eigenvalue weighted by atomic mass is 16.6. The van der Waals surface area contributed by atoms with E-state index in [1.165, 1.54) is 12.3 Å². The van der Waals surface area contributed by atoms with Crippen molar-refractivity contribution in [1.82, 2.24) is 4.98 Å². The summed E-state index contributed by atoms with van der Waals surface area (Å²) >= 11 is 0. The first kappa shape index (κ1) is 14.9. The maximum absolute atomic E-state index is 11.2. The van der Waals surface area contributed by atoms with Crippen LogP contribution in [0.5, 0.6) is 0 Å². The third-order valence-electron chi connectivity index (χ3n) is 3.09. The van der Waals surface area contributed by atoms with Crippen molar-refractivity contribution in [2.24, 2.45) is 10.9 Å². The van der Waals surface area contributed by atoms with Crippen molar-refractivity contribution in [3.05, 3.63) is 27.9 Å². The molecule has 4 N–H and O–H groups in total. The highest BCUT2D eigenvalue weighted by molar-refractivity contribution is 5.97. The van der Waals surface area contributed by atoms with Crippen LogP contribution in [0.1, 0.15) is 5.56 Å². The fraction of sp³-hybridized carbons (Fsp3) is 0.455. The maximum atomic E-state index is 11.2. The Labute approximate surface area is 119 Å². The van der Waals surface area contributed by atoms with Crippen molar-refractivity contribution in [2.75, 3.05) is 31.2 Å². The molecule has 1 aliphatic heterocycles. The number of nitrogens with two attached hydrogens (primary N) is 1. The molecule has 0 aliphatic carbocycles. The van der Waals surface area contributed by atoms with Crippen LogP contribution in [0.15, 0.2) is 17.4 Å². The van der Waals surface area contributed by atoms with Crippen molar-refractivity contribution in [3.8, 4) is 0 Å². The van der Waals surface area contributed by atoms with E-state index < -0.39 is 11.0 Å². The summed E-state index contributed by atoms with van der Waals surface area (Å²) in [5.41, 5.74) is 5.31. The molecule has 114 valence electrons. The predicted molar refractivity (Wildman–Crippen MR) is 72.4 cm³/mol. The van der Waals surface area contributed by atoms with Crippen LogP contribution in [-0.2, 0) is 4.74 Å². The maximum Gasteiger partial charge on any atom is 0.312 e. The predicted octanol–water partition coefficient (Wildman–Crippen LogP) is -0.718. The highest BCUT2D eigenvalue weighted by Crippen LogP contribution is 2.27. The van der Waals surface area contributed by atoms with Crippen LogP contribution in [0, 0.1) is 10.1 Å². The minimum Gasteiger partial charge on any atom is -0.409 e. The number of nitro groups is 1. The summed E-state index contributed by atoms with van der Waals surface area (Å²) in [6.45, 7) is 0.888. The second kappa shape index (κ2) is 6.33. The second-order valence-electron chi connectivity index (χ2n) is 4.43. The van der Waals surface area contributed by atoms with Gasteiger partial charge in [0.15, 0.2) is 5.84 Å². The normalized spacial score (nSPS) is 19.6. The van der Waals surface area contributed by atoms with Gasteiger partial charge >= 0.3 is 5.69 Å². The minimum atomic E-state index is -0.583. The largest absolute Gasteiger partial charge is 0.409 e. The van der Waals surface area contributed by atoms with Gasteiger partial charge in [-0.15, -0.1) is 0 Å². The van der Waals surface area contributed by atoms with E-state index in [0.29, 0.717) is 19.7 Å². The van der Waals surface area contributed by atoms with Crippen LogP contribution in [0.2, 0.25) is 0 Å². The average molecular weight is 297 g/mol. The number of rotatable bonds is 4. The molecule has 0 spiro atoms. The minimum absolute atomic E-state index is 0.153. The van der Waals surface area contributed by atoms with Gasteiger partial charge in [0.05, 0.1) is 24.2 Å². The first-order valence-electron chi connectivity index (χ1n) is 6.16. The molecule has 1 fully saturated rings. The molecule has 1 aromatic rings. The Bertz CT molecular complexity index is 564. The van der Waals surface area contributed by atoms with Crippen LogP contribution < -0.4 is 10.6 Å². The molecule has 1 aromatic heterocycles. The summed E-state index contributed by atoms with van der Waals surface area (Å²) in [6.07, 6.45) is 0.879. The number of amidine groups is 1. The monoisotopic (exact) mass is 297 g/mol. The third kappa shape index (κ3) is 3.17. The first-order valence-corrected chi connectivity index (χ1v) is 6.16. The molecular formula is C11H15N5O5. The van der Waals surface area contributed by atoms with Gasteiger partial charge in [-0.1, -0.05) is 5.16 Å². The molecule has 0 saturated carbocycles. The summed E-state index contributed by atoms with van der Waals surface area (Å²) in [5.74, 6) is -0.0939. The summed E-state index contributed by atoms with van der Waals surface area (Å²) < 4.78 is 5.30. The summed E-state index contributed by atoms with van der Waals surface area (Å²) in [4.78, 5) is 16.3. The molecule has 1 atom stereocenters. The first-order chi connectivity index (χ1) is 10.1. The fourth-order valence-corrected chi connectivity index (χ4v) is 2.04. The topological polar surface area (TPSA) is 147 Å². The molecule has 10 heteroatoms. The molecule has 2 heterocycles. The molecule has 0 radical (unpaired) electrons. The van der Waals surface area contributed by atoms with Crippen LogP contribution in [0.3, 0.4) is 0 Å². The number of aliphatic hydroxyl groups excluding tert-OH is 1. The number of nitrogens with zero attached hydrogens (tertiary/aromatic N) is 4. The Morgan fingerprint density at radius 3 is 3.10 bits per heavy atom. The number of oxime groups is 1. The molecule has 1 saturated heterocycles. The molecule has 21 heavy (non-hydrogen) atoms. The molecule has 10 nitrogen and oxygen atoms in total. The molecule has 0 bridgehead atoms. The molecule has 0 aromatic carbocycles. The van der Waals surface area contributed by atoms with E-state index in [0.717, 1.165) is 0 Å². The number of aromatic nitrogens is 1. The van der Waals surface area contributed by atoms with E-state index in [4.69, 9.17) is 20.8 Å². The SMILES string of the molecule is NC(=NO)c1cnc(N2CCOC(CO)C2)c([N+](=O)[O-])c1. The lowest BCUT2D eigenvalue weighted by atomic mass is 10.2. The number of pyridine rings is 1. The number of hydrogen-bond donors (Lipinski definition) is 3. The van der Waals surface area contributed by atoms with Gasteiger partial charge in [0.1, 0.15) is 0 Å². The number of ether oxygens (including phenoxy) is 1. The van der Waals surface area contributed by atoms with Gasteiger partial charge in [0.25, 0.3) is 0 Å². The lowest BCUT2D eigenvalue weighted by Gasteiger charge is -2.32. The Hall–Kier alpha value is -2.46. The van der Waals surface area contributed by atoms with Crippen LogP contribution in [0.4, 0.5) is 11.5 Å². The zero-order valence-electron chi connectivity index (χ0n) is 11.0. The Kier molecular flexibility index (Phi) is 4.50. The zero-order valence-corrected chi connectivity index (χ0v) is 11.0. The lowest BCUT2D eigenvalue weighted by Crippen LogP contribution is -2.44. The summed E-state index contributed by atoms with van der Waals surface area (Å²) in [6, 6.07) is 1.20. The van der Waals surface area contributed by atoms with E-state index in [9.17, 15) is 10.1 Å². The zero-order chi connectivity index (χ0) is 15.4. The Balaban J connectivity index is 2.36. The second-order valence-corrected chi connectivity index (χ2v) is 4.43. The van der Waals surface area contributed by atoms with Gasteiger partial charge < -0.3 is 25.7 Å². The number of aliphatic hydroxyl groups is 1. The lowest BCUT2D eigenvalue weighted by molar-refractivity contribution is -0.384. The van der Waals surface area contributed by atoms with Crippen molar-refractivity contribution in [2.45, 2.75) is 6.10 Å². The number of morpholine rings is 1. The van der Waals surface area contributed by atoms with Crippen LogP contribution >= 0.6 is 0 Å². The van der Waals surface area contributed by atoms with Gasteiger partial charge in [0, 0.05) is 30.9 Å². The van der Waals surface area contributed by atoms with Crippen molar-refractivity contribution in [1.29, 1.82) is 0 Å². The third-order valence-corrected chi connectivity index (χ3v) is 3.09. The van der Waals surface area contributed by atoms with Gasteiger partial charge in [-0.3, -0.25) is 10.1 Å². The van der Waals surface area contributed by atoms with E-state index >= 15 is 0 Å². The van der Waals surface area contributed by atoms with Gasteiger partial charge in [-0.05, 0) is 0 Å². The Morgan fingerprint density at radius 1 is 1.71 bits per heavy atom. The Morgan fingerprint density at radius 2 is 2.48 bits per heavy atom. The van der Waals surface area contributed by atoms with Crippen LogP contribution in [-0.4, -0.2) is 58.5 Å². The molecule has 1 unspecified atom stereocenters. The molecule has 2 rings (SSSR count). The van der Waals surface area contributed by atoms with Crippen LogP contribution in [0.25, 0.3) is 0 Å². The van der Waals surface area contributed by atoms with E-state index in [1.807, 2.05) is 0 Å². The molecule has 1 aliphatic rings. The van der Waals surface area contributed by atoms with E-state index in [2.05, 4.69) is 10.1 Å². The molecular weight excluding hydrogens is 282 g/mol.